The first kappa shape index (κ1) is 89.0. The van der Waals surface area contributed by atoms with Gasteiger partial charge in [-0.25, -0.2) is 4.70 Å². The molecule has 0 saturated carbocycles. The first-order chi connectivity index (χ1) is 44.3. The zero-order valence-corrected chi connectivity index (χ0v) is 64.1. The topological polar surface area (TPSA) is 25.3 Å². The number of unbranched alkanes of at least 4 members (excludes halogenated alkanes) is 45. The van der Waals surface area contributed by atoms with Gasteiger partial charge in [0.25, 0.3) is 0 Å². The molecule has 0 aliphatic carbocycles. The third-order valence-corrected chi connectivity index (χ3v) is 19.8. The Kier molecular flexibility index (Phi) is 65.2. The van der Waals surface area contributed by atoms with E-state index in [4.69, 9.17) is 0 Å². The normalized spacial score (nSPS) is 12.1. The molecule has 0 atom stereocenters. The molecule has 0 fully saturated rings. The van der Waals surface area contributed by atoms with Crippen LogP contribution >= 0.6 is 0 Å². The van der Waals surface area contributed by atoms with Gasteiger partial charge in [0, 0.05) is 22.8 Å². The molecule has 0 amide bonds. The maximum atomic E-state index is 12.4. The molecule has 2 nitrogen and oxygen atoms in total. The Morgan fingerprint density at radius 1 is 0.264 bits per heavy atom. The summed E-state index contributed by atoms with van der Waals surface area (Å²) in [5, 5.41) is 0. The Labute approximate surface area is 582 Å². The number of allylic oxidation sites excluding steroid dienone is 2. The molecule has 3 heteroatoms. The molecule has 1 aliphatic heterocycles. The molecule has 0 unspecified atom stereocenters. The van der Waals surface area contributed by atoms with E-state index in [0.717, 1.165) is 69.2 Å². The number of hydrogen-bond donors (Lipinski definition) is 0. The zero-order chi connectivity index (χ0) is 65.6. The quantitative estimate of drug-likeness (QED) is 0.0273. The van der Waals surface area contributed by atoms with Gasteiger partial charge in [-0.1, -0.05) is 351 Å². The SMILES string of the molecule is CCCCCc1cc(C2=CC(CCCC)=C(c3cc(CCCCC)c(CCCCC)c(CCCCC)c3)[N+]2=[N-])cc(CCCCC)c1CCCCC.[CH2-]CCCCCCCCCCCCCCCCCC.[CH2-]CCCCCCCCCCCCCCCCCC.[Ni+2]. The summed E-state index contributed by atoms with van der Waals surface area (Å²) in [7, 11) is 0. The van der Waals surface area contributed by atoms with Crippen LogP contribution in [0.3, 0.4) is 0 Å². The molecule has 1 heterocycles. The van der Waals surface area contributed by atoms with Crippen molar-refractivity contribution < 1.29 is 21.2 Å². The molecule has 3 rings (SSSR count). The molecule has 0 spiro atoms. The third kappa shape index (κ3) is 45.2. The van der Waals surface area contributed by atoms with Gasteiger partial charge in [0.15, 0.2) is 0 Å². The van der Waals surface area contributed by atoms with Gasteiger partial charge in [-0.2, -0.15) is 12.8 Å². The molecule has 0 radical (unpaired) electrons. The van der Waals surface area contributed by atoms with E-state index in [1.54, 1.807) is 38.1 Å². The van der Waals surface area contributed by atoms with Crippen LogP contribution in [-0.4, -0.2) is 4.70 Å². The van der Waals surface area contributed by atoms with E-state index in [9.17, 15) is 5.53 Å². The summed E-state index contributed by atoms with van der Waals surface area (Å²) in [6, 6.07) is 9.98. The summed E-state index contributed by atoms with van der Waals surface area (Å²) in [6.07, 6.45) is 84.0. The van der Waals surface area contributed by atoms with Crippen molar-refractivity contribution in [1.29, 1.82) is 0 Å². The molecule has 0 aromatic heterocycles. The molecular weight excluding hydrogens is 1140 g/mol. The number of aryl methyl sites for hydroxylation is 4. The summed E-state index contributed by atoms with van der Waals surface area (Å²) < 4.78 is 1.63. The van der Waals surface area contributed by atoms with Gasteiger partial charge in [-0.05, 0) is 148 Å². The second-order valence-corrected chi connectivity index (χ2v) is 28.4. The van der Waals surface area contributed by atoms with Crippen LogP contribution in [0.2, 0.25) is 0 Å². The summed E-state index contributed by atoms with van der Waals surface area (Å²) in [4.78, 5) is 0. The van der Waals surface area contributed by atoms with Gasteiger partial charge in [0.2, 0.25) is 11.4 Å². The smallest absolute Gasteiger partial charge is 0.493 e. The molecule has 0 saturated heterocycles. The maximum Gasteiger partial charge on any atom is 2.00 e. The Morgan fingerprint density at radius 2 is 0.484 bits per heavy atom. The Bertz CT molecular complexity index is 1860. The molecule has 2 aromatic rings. The predicted molar refractivity (Wildman–Crippen MR) is 409 cm³/mol. The second kappa shape index (κ2) is 66.6. The second-order valence-electron chi connectivity index (χ2n) is 28.4. The van der Waals surface area contributed by atoms with Crippen molar-refractivity contribution in [3.8, 4) is 0 Å². The van der Waals surface area contributed by atoms with Crippen molar-refractivity contribution in [1.82, 2.24) is 0 Å². The van der Waals surface area contributed by atoms with Crippen molar-refractivity contribution in [3.05, 3.63) is 99.8 Å². The standard InChI is InChI=1S/C50H80N2.2C19H39.Ni/c1-8-15-22-29-40-35-45(36-41(30-23-16-9-2)47(40)33-26-19-12-5)49-39-44(28-21-14-7)50(52(49)51)46-37-42(31-24-17-10-3)48(34-27-20-13-6)43(38-46)32-25-18-11-4;2*1-3-5-7-9-11-13-15-17-19-18-16-14-12-10-8-6-4-2;/h35-39H,8-34H2,1-7H3;2*1,3-19H2,2H3;/q;2*-1;+2. The van der Waals surface area contributed by atoms with E-state index in [1.807, 2.05) is 0 Å². The minimum Gasteiger partial charge on any atom is -0.493 e. The van der Waals surface area contributed by atoms with Gasteiger partial charge < -0.3 is 19.4 Å². The average Bonchev–Trinajstić information content (AvgIpc) is 1.70. The molecular formula is C88H158N2Ni. The monoisotopic (exact) mass is 1300 g/mol. The predicted octanol–water partition coefficient (Wildman–Crippen LogP) is 31.0. The van der Waals surface area contributed by atoms with Crippen molar-refractivity contribution >= 4 is 11.4 Å². The van der Waals surface area contributed by atoms with Gasteiger partial charge in [0.05, 0.1) is 0 Å². The number of benzene rings is 2. The van der Waals surface area contributed by atoms with E-state index in [0.29, 0.717) is 0 Å². The molecule has 0 bridgehead atoms. The number of rotatable bonds is 61. The summed E-state index contributed by atoms with van der Waals surface area (Å²) in [5.74, 6) is 0. The number of hydrogen-bond acceptors (Lipinski definition) is 0. The van der Waals surface area contributed by atoms with Crippen LogP contribution in [0.1, 0.15) is 460 Å². The summed E-state index contributed by atoms with van der Waals surface area (Å²) in [5.41, 5.74) is 27.7. The van der Waals surface area contributed by atoms with E-state index < -0.39 is 0 Å². The van der Waals surface area contributed by atoms with Crippen LogP contribution in [0.15, 0.2) is 35.9 Å². The minimum absolute atomic E-state index is 0. The molecule has 530 valence electrons. The van der Waals surface area contributed by atoms with Crippen LogP contribution in [0, 0.1) is 13.8 Å². The van der Waals surface area contributed by atoms with Crippen LogP contribution in [0.25, 0.3) is 16.9 Å². The van der Waals surface area contributed by atoms with Crippen LogP contribution in [0.4, 0.5) is 0 Å². The maximum absolute atomic E-state index is 12.4. The third-order valence-electron chi connectivity index (χ3n) is 19.8. The summed E-state index contributed by atoms with van der Waals surface area (Å²) >= 11 is 0. The minimum atomic E-state index is 0. The van der Waals surface area contributed by atoms with Crippen molar-refractivity contribution in [2.24, 2.45) is 0 Å². The van der Waals surface area contributed by atoms with Gasteiger partial charge in [-0.3, -0.25) is 0 Å². The van der Waals surface area contributed by atoms with Crippen LogP contribution in [-0.2, 0) is 55.0 Å². The van der Waals surface area contributed by atoms with Gasteiger partial charge in [-0.15, -0.1) is 0 Å². The van der Waals surface area contributed by atoms with E-state index in [2.05, 4.69) is 107 Å². The van der Waals surface area contributed by atoms with Crippen LogP contribution < -0.4 is 0 Å². The fourth-order valence-corrected chi connectivity index (χ4v) is 13.9. The van der Waals surface area contributed by atoms with E-state index in [-0.39, 0.29) is 16.5 Å². The van der Waals surface area contributed by atoms with Crippen molar-refractivity contribution in [2.75, 3.05) is 0 Å². The number of nitrogens with zero attached hydrogens (tertiary/aromatic N) is 2. The van der Waals surface area contributed by atoms with Gasteiger partial charge in [0.1, 0.15) is 0 Å². The first-order valence-corrected chi connectivity index (χ1v) is 41.1. The Balaban J connectivity index is 0.00000170. The first-order valence-electron chi connectivity index (χ1n) is 41.1. The van der Waals surface area contributed by atoms with Crippen molar-refractivity contribution in [3.63, 3.8) is 0 Å². The van der Waals surface area contributed by atoms with E-state index in [1.165, 1.54) is 351 Å². The molecule has 1 aliphatic rings. The Morgan fingerprint density at radius 3 is 0.736 bits per heavy atom. The van der Waals surface area contributed by atoms with Crippen molar-refractivity contribution in [2.45, 2.75) is 454 Å². The largest absolute Gasteiger partial charge is 2.00 e. The fourth-order valence-electron chi connectivity index (χ4n) is 13.9. The molecule has 0 N–H and O–H groups in total. The average molecular weight is 1300 g/mol. The van der Waals surface area contributed by atoms with Gasteiger partial charge >= 0.3 is 16.5 Å². The van der Waals surface area contributed by atoms with E-state index >= 15 is 0 Å². The zero-order valence-electron chi connectivity index (χ0n) is 63.1. The molecule has 2 aromatic carbocycles. The Hall–Kier alpha value is -1.99. The fraction of sp³-hybridized carbons (Fsp3) is 0.795. The molecule has 91 heavy (non-hydrogen) atoms. The summed E-state index contributed by atoms with van der Waals surface area (Å²) in [6.45, 7) is 28.6. The van der Waals surface area contributed by atoms with Crippen LogP contribution in [0.5, 0.6) is 0 Å².